The van der Waals surface area contributed by atoms with Gasteiger partial charge in [0.2, 0.25) is 0 Å². The van der Waals surface area contributed by atoms with Crippen molar-refractivity contribution in [3.8, 4) is 17.4 Å². The summed E-state index contributed by atoms with van der Waals surface area (Å²) in [5.74, 6) is -0.0850. The van der Waals surface area contributed by atoms with Gasteiger partial charge in [0.15, 0.2) is 0 Å². The second kappa shape index (κ2) is 9.23. The molecule has 1 N–H and O–H groups in total. The number of amides is 1. The molecule has 3 rings (SSSR count). The van der Waals surface area contributed by atoms with E-state index in [2.05, 4.69) is 21.2 Å². The van der Waals surface area contributed by atoms with Crippen LogP contribution in [-0.4, -0.2) is 15.8 Å². The standard InChI is InChI=1S/C21H13BrN4O6/c1-12-8-14(25(28)29)2-5-17(12)20-7-4-16(32-20)9-13(11-23)21(27)24-19-6-3-15(26(30)31)10-18(19)22/h2-10H,1H3,(H,24,27). The van der Waals surface area contributed by atoms with Crippen LogP contribution in [0.2, 0.25) is 0 Å². The van der Waals surface area contributed by atoms with Gasteiger partial charge < -0.3 is 9.73 Å². The Morgan fingerprint density at radius 2 is 1.75 bits per heavy atom. The van der Waals surface area contributed by atoms with Gasteiger partial charge in [0.05, 0.1) is 15.5 Å². The quantitative estimate of drug-likeness (QED) is 0.208. The summed E-state index contributed by atoms with van der Waals surface area (Å²) in [7, 11) is 0. The van der Waals surface area contributed by atoms with Crippen molar-refractivity contribution in [2.45, 2.75) is 6.92 Å². The molecule has 1 amide bonds. The minimum atomic E-state index is -0.730. The van der Waals surface area contributed by atoms with Crippen LogP contribution in [0.1, 0.15) is 11.3 Å². The number of nitrogens with zero attached hydrogens (tertiary/aromatic N) is 3. The summed E-state index contributed by atoms with van der Waals surface area (Å²) in [6.45, 7) is 1.70. The van der Waals surface area contributed by atoms with Gasteiger partial charge in [-0.05, 0) is 52.7 Å². The van der Waals surface area contributed by atoms with E-state index in [9.17, 15) is 30.3 Å². The van der Waals surface area contributed by atoms with E-state index in [0.717, 1.165) is 0 Å². The van der Waals surface area contributed by atoms with Gasteiger partial charge in [-0.15, -0.1) is 0 Å². The fourth-order valence-corrected chi connectivity index (χ4v) is 3.28. The molecule has 0 aliphatic rings. The first-order chi connectivity index (χ1) is 15.2. The molecule has 0 unspecified atom stereocenters. The van der Waals surface area contributed by atoms with E-state index < -0.39 is 15.8 Å². The van der Waals surface area contributed by atoms with Gasteiger partial charge in [0.25, 0.3) is 17.3 Å². The molecule has 0 spiro atoms. The van der Waals surface area contributed by atoms with Crippen molar-refractivity contribution < 1.29 is 19.1 Å². The molecule has 0 saturated carbocycles. The number of carbonyl (C=O) groups excluding carboxylic acids is 1. The lowest BCUT2D eigenvalue weighted by molar-refractivity contribution is -0.385. The largest absolute Gasteiger partial charge is 0.457 e. The van der Waals surface area contributed by atoms with Gasteiger partial charge in [0.1, 0.15) is 23.2 Å². The van der Waals surface area contributed by atoms with E-state index in [-0.39, 0.29) is 32.9 Å². The van der Waals surface area contributed by atoms with Gasteiger partial charge in [-0.1, -0.05) is 0 Å². The number of nitro benzene ring substituents is 2. The molecule has 0 aliphatic heterocycles. The maximum atomic E-state index is 12.5. The first kappa shape index (κ1) is 22.4. The van der Waals surface area contributed by atoms with Crippen LogP contribution in [0, 0.1) is 38.5 Å². The Morgan fingerprint density at radius 3 is 2.34 bits per heavy atom. The van der Waals surface area contributed by atoms with Crippen LogP contribution in [0.25, 0.3) is 17.4 Å². The summed E-state index contributed by atoms with van der Waals surface area (Å²) >= 11 is 3.15. The monoisotopic (exact) mass is 496 g/mol. The van der Waals surface area contributed by atoms with Crippen molar-refractivity contribution in [3.05, 3.63) is 90.1 Å². The van der Waals surface area contributed by atoms with Crippen molar-refractivity contribution in [2.75, 3.05) is 5.32 Å². The molecule has 0 fully saturated rings. The lowest BCUT2D eigenvalue weighted by Gasteiger charge is -2.06. The number of nitrogens with one attached hydrogen (secondary N) is 1. The summed E-state index contributed by atoms with van der Waals surface area (Å²) in [6, 6.07) is 13.1. The summed E-state index contributed by atoms with van der Waals surface area (Å²) in [5.41, 5.74) is 1.06. The highest BCUT2D eigenvalue weighted by molar-refractivity contribution is 9.10. The smallest absolute Gasteiger partial charge is 0.270 e. The highest BCUT2D eigenvalue weighted by Gasteiger charge is 2.16. The number of furan rings is 1. The summed E-state index contributed by atoms with van der Waals surface area (Å²) < 4.78 is 5.97. The highest BCUT2D eigenvalue weighted by atomic mass is 79.9. The molecule has 2 aromatic carbocycles. The van der Waals surface area contributed by atoms with Crippen LogP contribution in [0.15, 0.2) is 63.0 Å². The third-order valence-electron chi connectivity index (χ3n) is 4.38. The first-order valence-electron chi connectivity index (χ1n) is 8.92. The van der Waals surface area contributed by atoms with Crippen LogP contribution in [0.3, 0.4) is 0 Å². The summed E-state index contributed by atoms with van der Waals surface area (Å²) in [4.78, 5) is 33.1. The molecule has 1 heterocycles. The molecule has 0 saturated heterocycles. The van der Waals surface area contributed by atoms with Gasteiger partial charge in [0, 0.05) is 40.4 Å². The summed E-state index contributed by atoms with van der Waals surface area (Å²) in [6.07, 6.45) is 1.25. The lowest BCUT2D eigenvalue weighted by Crippen LogP contribution is -2.13. The third kappa shape index (κ3) is 4.88. The molecule has 0 atom stereocenters. The van der Waals surface area contributed by atoms with Gasteiger partial charge in [-0.25, -0.2) is 0 Å². The van der Waals surface area contributed by atoms with Crippen LogP contribution in [-0.2, 0) is 4.79 Å². The molecule has 0 radical (unpaired) electrons. The van der Waals surface area contributed by atoms with E-state index in [4.69, 9.17) is 4.42 Å². The number of aryl methyl sites for hydroxylation is 1. The van der Waals surface area contributed by atoms with Crippen LogP contribution >= 0.6 is 15.9 Å². The molecule has 10 nitrogen and oxygen atoms in total. The molecule has 3 aromatic rings. The van der Waals surface area contributed by atoms with E-state index in [1.54, 1.807) is 31.2 Å². The number of rotatable bonds is 6. The Bertz CT molecular complexity index is 1320. The lowest BCUT2D eigenvalue weighted by atomic mass is 10.1. The van der Waals surface area contributed by atoms with Gasteiger partial charge in [-0.2, -0.15) is 5.26 Å². The zero-order valence-electron chi connectivity index (χ0n) is 16.4. The predicted octanol–water partition coefficient (Wildman–Crippen LogP) is 5.38. The molecular formula is C21H13BrN4O6. The Labute approximate surface area is 189 Å². The fraction of sp³-hybridized carbons (Fsp3) is 0.0476. The van der Waals surface area contributed by atoms with Crippen LogP contribution in [0.4, 0.5) is 17.1 Å². The molecule has 32 heavy (non-hydrogen) atoms. The van der Waals surface area contributed by atoms with Crippen molar-refractivity contribution in [1.82, 2.24) is 0 Å². The van der Waals surface area contributed by atoms with Crippen molar-refractivity contribution in [2.24, 2.45) is 0 Å². The Kier molecular flexibility index (Phi) is 6.46. The Hall–Kier alpha value is -4.30. The molecule has 11 heteroatoms. The van der Waals surface area contributed by atoms with E-state index in [0.29, 0.717) is 16.9 Å². The van der Waals surface area contributed by atoms with Crippen molar-refractivity contribution in [3.63, 3.8) is 0 Å². The van der Waals surface area contributed by atoms with E-state index in [1.807, 2.05) is 0 Å². The average molecular weight is 497 g/mol. The number of nitro groups is 2. The number of halogens is 1. The molecule has 1 aromatic heterocycles. The Morgan fingerprint density at radius 1 is 1.09 bits per heavy atom. The third-order valence-corrected chi connectivity index (χ3v) is 5.03. The number of non-ortho nitro benzene ring substituents is 2. The maximum absolute atomic E-state index is 12.5. The number of benzene rings is 2. The topological polar surface area (TPSA) is 152 Å². The summed E-state index contributed by atoms with van der Waals surface area (Å²) in [5, 5.41) is 33.6. The maximum Gasteiger partial charge on any atom is 0.270 e. The molecule has 0 bridgehead atoms. The minimum Gasteiger partial charge on any atom is -0.457 e. The number of carbonyl (C=O) groups is 1. The minimum absolute atomic E-state index is 0.0428. The Balaban J connectivity index is 1.82. The average Bonchev–Trinajstić information content (AvgIpc) is 3.21. The van der Waals surface area contributed by atoms with Crippen molar-refractivity contribution >= 4 is 45.0 Å². The highest BCUT2D eigenvalue weighted by Crippen LogP contribution is 2.30. The number of anilines is 1. The molecule has 160 valence electrons. The zero-order chi connectivity index (χ0) is 23.4. The van der Waals surface area contributed by atoms with Crippen LogP contribution < -0.4 is 5.32 Å². The number of hydrogen-bond acceptors (Lipinski definition) is 7. The second-order valence-corrected chi connectivity index (χ2v) is 7.36. The van der Waals surface area contributed by atoms with Crippen molar-refractivity contribution in [1.29, 1.82) is 5.26 Å². The first-order valence-corrected chi connectivity index (χ1v) is 9.71. The number of nitriles is 1. The SMILES string of the molecule is Cc1cc([N+](=O)[O-])ccc1-c1ccc(C=C(C#N)C(=O)Nc2ccc([N+](=O)[O-])cc2Br)o1. The molecular weight excluding hydrogens is 484 g/mol. The number of hydrogen-bond donors (Lipinski definition) is 1. The predicted molar refractivity (Wildman–Crippen MR) is 119 cm³/mol. The van der Waals surface area contributed by atoms with E-state index in [1.165, 1.54) is 36.4 Å². The zero-order valence-corrected chi connectivity index (χ0v) is 18.0. The normalized spacial score (nSPS) is 11.0. The van der Waals surface area contributed by atoms with E-state index >= 15 is 0 Å². The second-order valence-electron chi connectivity index (χ2n) is 6.50. The van der Waals surface area contributed by atoms with Gasteiger partial charge in [-0.3, -0.25) is 25.0 Å². The molecule has 0 aliphatic carbocycles. The fourth-order valence-electron chi connectivity index (χ4n) is 2.81. The van der Waals surface area contributed by atoms with Gasteiger partial charge >= 0.3 is 0 Å². The van der Waals surface area contributed by atoms with Crippen LogP contribution in [0.5, 0.6) is 0 Å².